The van der Waals surface area contributed by atoms with Crippen molar-refractivity contribution in [1.82, 2.24) is 9.21 Å². The molecular weight excluding hydrogens is 689 g/mol. The summed E-state index contributed by atoms with van der Waals surface area (Å²) in [5.41, 5.74) is 0. The van der Waals surface area contributed by atoms with Crippen molar-refractivity contribution in [1.29, 1.82) is 0 Å². The highest BCUT2D eigenvalue weighted by molar-refractivity contribution is 7.96. The van der Waals surface area contributed by atoms with Gasteiger partial charge in [-0.05, 0) is 97.1 Å². The monoisotopic (exact) mass is 783 g/mol. The molecule has 0 aliphatic heterocycles. The molecule has 6 nitrogen and oxygen atoms in total. The van der Waals surface area contributed by atoms with Crippen LogP contribution in [0.15, 0.2) is 0 Å². The lowest BCUT2D eigenvalue weighted by molar-refractivity contribution is -0.150. The fraction of sp³-hybridized carbons (Fsp3) is 0.957. The first-order valence-corrected chi connectivity index (χ1v) is 25.0. The first-order valence-electron chi connectivity index (χ1n) is 23.8. The van der Waals surface area contributed by atoms with Gasteiger partial charge in [0.1, 0.15) is 6.10 Å². The molecule has 54 heavy (non-hydrogen) atoms. The lowest BCUT2D eigenvalue weighted by atomic mass is 10.0. The highest BCUT2D eigenvalue weighted by atomic mass is 32.2. The van der Waals surface area contributed by atoms with Crippen molar-refractivity contribution >= 4 is 23.9 Å². The van der Waals surface area contributed by atoms with Crippen LogP contribution < -0.4 is 0 Å². The van der Waals surface area contributed by atoms with Gasteiger partial charge in [0.05, 0.1) is 6.61 Å². The minimum absolute atomic E-state index is 0.00598. The Balaban J connectivity index is 4.24. The average molecular weight is 783 g/mol. The molecule has 0 saturated carbocycles. The van der Waals surface area contributed by atoms with Crippen molar-refractivity contribution in [2.24, 2.45) is 0 Å². The van der Waals surface area contributed by atoms with Crippen molar-refractivity contribution in [3.63, 3.8) is 0 Å². The van der Waals surface area contributed by atoms with Gasteiger partial charge < -0.3 is 14.4 Å². The smallest absolute Gasteiger partial charge is 0.306 e. The van der Waals surface area contributed by atoms with Crippen LogP contribution in [0.5, 0.6) is 0 Å². The number of hydrogen-bond acceptors (Lipinski definition) is 7. The zero-order valence-corrected chi connectivity index (χ0v) is 37.9. The van der Waals surface area contributed by atoms with E-state index in [4.69, 9.17) is 9.47 Å². The molecule has 7 heteroatoms. The van der Waals surface area contributed by atoms with Crippen LogP contribution in [0.2, 0.25) is 0 Å². The molecule has 322 valence electrons. The topological polar surface area (TPSA) is 59.1 Å². The quantitative estimate of drug-likeness (QED) is 0.0346. The molecule has 0 aliphatic carbocycles. The third-order valence-electron chi connectivity index (χ3n) is 11.0. The summed E-state index contributed by atoms with van der Waals surface area (Å²) in [5, 5.41) is 0. The summed E-state index contributed by atoms with van der Waals surface area (Å²) in [7, 11) is 2.18. The number of nitrogens with zero attached hydrogens (tertiary/aromatic N) is 2. The van der Waals surface area contributed by atoms with Gasteiger partial charge in [0.2, 0.25) is 0 Å². The summed E-state index contributed by atoms with van der Waals surface area (Å²) in [5.74, 6) is 0.0330. The lowest BCUT2D eigenvalue weighted by Gasteiger charge is -2.23. The van der Waals surface area contributed by atoms with E-state index >= 15 is 0 Å². The Hall–Kier alpha value is -0.790. The Labute approximate surface area is 342 Å². The fourth-order valence-corrected chi connectivity index (χ4v) is 7.65. The largest absolute Gasteiger partial charge is 0.466 e. The second-order valence-corrected chi connectivity index (χ2v) is 17.3. The summed E-state index contributed by atoms with van der Waals surface area (Å²) < 4.78 is 13.9. The third kappa shape index (κ3) is 39.4. The van der Waals surface area contributed by atoms with Crippen LogP contribution in [-0.2, 0) is 19.1 Å². The van der Waals surface area contributed by atoms with Gasteiger partial charge in [-0.2, -0.15) is 0 Å². The normalized spacial score (nSPS) is 11.7. The van der Waals surface area contributed by atoms with E-state index in [1.165, 1.54) is 180 Å². The molecule has 0 aliphatic rings. The molecular formula is C47H94N2O4S. The highest BCUT2D eigenvalue weighted by Gasteiger charge is 2.14. The minimum Gasteiger partial charge on any atom is -0.466 e. The van der Waals surface area contributed by atoms with E-state index in [1.54, 1.807) is 0 Å². The number of ether oxygens (including phenoxy) is 2. The van der Waals surface area contributed by atoms with E-state index in [0.717, 1.165) is 51.5 Å². The highest BCUT2D eigenvalue weighted by Crippen LogP contribution is 2.19. The summed E-state index contributed by atoms with van der Waals surface area (Å²) >= 11 is 1.81. The zero-order valence-electron chi connectivity index (χ0n) is 37.1. The standard InChI is InChI=1S/C47H94N2O4S/c1-6-9-12-15-18-27-34-44-52-46(50)38-30-23-19-25-32-41-49(43-35-40-48(4)54-5)42-33-26-20-24-31-39-47(51)53-45(36-28-21-16-13-10-7-2)37-29-22-17-14-11-8-3/h45H,6-44H2,1-5H3. The average Bonchev–Trinajstić information content (AvgIpc) is 3.17. The molecule has 0 spiro atoms. The summed E-state index contributed by atoms with van der Waals surface area (Å²) in [6.45, 7) is 12.0. The molecule has 0 saturated heterocycles. The van der Waals surface area contributed by atoms with Crippen LogP contribution >= 0.6 is 11.9 Å². The molecule has 0 rings (SSSR count). The second kappa shape index (κ2) is 43.3. The first kappa shape index (κ1) is 53.2. The number of unbranched alkanes of at least 4 members (excludes halogenated alkanes) is 24. The Morgan fingerprint density at radius 3 is 1.33 bits per heavy atom. The van der Waals surface area contributed by atoms with Crippen LogP contribution in [0.1, 0.15) is 239 Å². The summed E-state index contributed by atoms with van der Waals surface area (Å²) in [6.07, 6.45) is 42.5. The predicted molar refractivity (Wildman–Crippen MR) is 237 cm³/mol. The van der Waals surface area contributed by atoms with Crippen LogP contribution in [0.25, 0.3) is 0 Å². The van der Waals surface area contributed by atoms with Crippen molar-refractivity contribution in [3.8, 4) is 0 Å². The SMILES string of the molecule is CCCCCCCCCOC(=O)CCCCCCCN(CCCCCCCC(=O)OC(CCCCCCCC)CCCCCCCC)CCCN(C)SC. The molecule has 0 radical (unpaired) electrons. The van der Waals surface area contributed by atoms with Crippen LogP contribution in [0.3, 0.4) is 0 Å². The molecule has 0 unspecified atom stereocenters. The molecule has 0 atom stereocenters. The van der Waals surface area contributed by atoms with Crippen LogP contribution in [-0.4, -0.2) is 73.3 Å². The molecule has 0 heterocycles. The van der Waals surface area contributed by atoms with E-state index in [2.05, 4.69) is 43.3 Å². The predicted octanol–water partition coefficient (Wildman–Crippen LogP) is 14.3. The summed E-state index contributed by atoms with van der Waals surface area (Å²) in [6, 6.07) is 0. The third-order valence-corrected chi connectivity index (χ3v) is 11.8. The van der Waals surface area contributed by atoms with Gasteiger partial charge in [-0.3, -0.25) is 13.9 Å². The second-order valence-electron chi connectivity index (χ2n) is 16.3. The van der Waals surface area contributed by atoms with Gasteiger partial charge in [0, 0.05) is 19.4 Å². The lowest BCUT2D eigenvalue weighted by Crippen LogP contribution is -2.29. The van der Waals surface area contributed by atoms with Crippen LogP contribution in [0.4, 0.5) is 0 Å². The molecule has 0 aromatic rings. The number of hydrogen-bond donors (Lipinski definition) is 0. The Kier molecular flexibility index (Phi) is 42.7. The number of carbonyl (C=O) groups is 2. The van der Waals surface area contributed by atoms with Crippen LogP contribution in [0, 0.1) is 0 Å². The van der Waals surface area contributed by atoms with Crippen molar-refractivity contribution in [3.05, 3.63) is 0 Å². The van der Waals surface area contributed by atoms with Gasteiger partial charge in [0.25, 0.3) is 0 Å². The van der Waals surface area contributed by atoms with Gasteiger partial charge >= 0.3 is 11.9 Å². The molecule has 0 fully saturated rings. The maximum Gasteiger partial charge on any atom is 0.306 e. The van der Waals surface area contributed by atoms with E-state index in [-0.39, 0.29) is 18.0 Å². The Bertz CT molecular complexity index is 769. The van der Waals surface area contributed by atoms with Crippen molar-refractivity contribution < 1.29 is 19.1 Å². The Morgan fingerprint density at radius 2 is 0.852 bits per heavy atom. The zero-order chi connectivity index (χ0) is 39.6. The first-order chi connectivity index (χ1) is 26.5. The van der Waals surface area contributed by atoms with Gasteiger partial charge in [-0.1, -0.05) is 174 Å². The maximum atomic E-state index is 12.8. The Morgan fingerprint density at radius 1 is 0.463 bits per heavy atom. The molecule has 0 bridgehead atoms. The molecule has 0 amide bonds. The van der Waals surface area contributed by atoms with Crippen molar-refractivity contribution in [2.45, 2.75) is 245 Å². The molecule has 0 N–H and O–H groups in total. The number of carbonyl (C=O) groups excluding carboxylic acids is 2. The maximum absolute atomic E-state index is 12.8. The number of rotatable bonds is 44. The minimum atomic E-state index is -0.00598. The molecule has 0 aromatic heterocycles. The summed E-state index contributed by atoms with van der Waals surface area (Å²) in [4.78, 5) is 27.6. The van der Waals surface area contributed by atoms with Gasteiger partial charge in [-0.25, -0.2) is 0 Å². The van der Waals surface area contributed by atoms with Gasteiger partial charge in [-0.15, -0.1) is 0 Å². The van der Waals surface area contributed by atoms with E-state index in [0.29, 0.717) is 19.4 Å². The molecule has 0 aromatic carbocycles. The van der Waals surface area contributed by atoms with Crippen molar-refractivity contribution in [2.75, 3.05) is 46.1 Å². The van der Waals surface area contributed by atoms with E-state index < -0.39 is 0 Å². The van der Waals surface area contributed by atoms with E-state index in [9.17, 15) is 9.59 Å². The van der Waals surface area contributed by atoms with Gasteiger partial charge in [0.15, 0.2) is 0 Å². The number of esters is 2. The fourth-order valence-electron chi connectivity index (χ4n) is 7.34. The van der Waals surface area contributed by atoms with E-state index in [1.807, 2.05) is 11.9 Å².